The van der Waals surface area contributed by atoms with Crippen molar-refractivity contribution < 1.29 is 0 Å². The third-order valence-electron chi connectivity index (χ3n) is 1.42. The van der Waals surface area contributed by atoms with Gasteiger partial charge in [-0.2, -0.15) is 5.11 Å². The molecular formula is C7H10N6. The third-order valence-corrected chi connectivity index (χ3v) is 1.42. The van der Waals surface area contributed by atoms with Gasteiger partial charge in [-0.05, 0) is 17.7 Å². The molecule has 0 heterocycles. The molecule has 0 fully saturated rings. The molecule has 6 heteroatoms. The summed E-state index contributed by atoms with van der Waals surface area (Å²) in [5, 5.41) is 13.6. The summed E-state index contributed by atoms with van der Waals surface area (Å²) in [5.74, 6) is 9.78. The first kappa shape index (κ1) is 9.11. The molecule has 0 aromatic heterocycles. The minimum absolute atomic E-state index is 0.435. The number of nitrogens with zero attached hydrogens (tertiary/aromatic N) is 4. The molecule has 4 N–H and O–H groups in total. The number of rotatable bonds is 3. The predicted molar refractivity (Wildman–Crippen MR) is 47.9 cm³/mol. The highest BCUT2D eigenvalue weighted by molar-refractivity contribution is 5.39. The molecule has 0 saturated carbocycles. The lowest BCUT2D eigenvalue weighted by Crippen LogP contribution is -1.82. The topological polar surface area (TPSA) is 101 Å². The summed E-state index contributed by atoms with van der Waals surface area (Å²) in [7, 11) is 0. The van der Waals surface area contributed by atoms with Crippen LogP contribution >= 0.6 is 0 Å². The number of benzene rings is 1. The molecule has 0 saturated heterocycles. The van der Waals surface area contributed by atoms with Gasteiger partial charge in [-0.1, -0.05) is 22.6 Å². The van der Waals surface area contributed by atoms with E-state index >= 15 is 0 Å². The zero-order valence-electron chi connectivity index (χ0n) is 6.96. The van der Waals surface area contributed by atoms with E-state index in [0.29, 0.717) is 12.2 Å². The smallest absolute Gasteiger partial charge is 0.0877 e. The Morgan fingerprint density at radius 1 is 1.15 bits per heavy atom. The van der Waals surface area contributed by atoms with Gasteiger partial charge < -0.3 is 11.7 Å². The summed E-state index contributed by atoms with van der Waals surface area (Å²) in [6.07, 6.45) is 0. The van der Waals surface area contributed by atoms with Crippen LogP contribution in [0.15, 0.2) is 44.9 Å². The van der Waals surface area contributed by atoms with E-state index in [1.807, 2.05) is 18.2 Å². The Morgan fingerprint density at radius 2 is 2.00 bits per heavy atom. The fraction of sp³-hybridized carbons (Fsp3) is 0.143. The van der Waals surface area contributed by atoms with Crippen LogP contribution in [0.4, 0.5) is 5.69 Å². The van der Waals surface area contributed by atoms with Crippen LogP contribution < -0.4 is 11.7 Å². The average molecular weight is 178 g/mol. The Hall–Kier alpha value is -1.98. The van der Waals surface area contributed by atoms with Crippen LogP contribution in [0.25, 0.3) is 0 Å². The second kappa shape index (κ2) is 4.81. The van der Waals surface area contributed by atoms with Gasteiger partial charge in [-0.15, -0.1) is 5.11 Å². The second-order valence-electron chi connectivity index (χ2n) is 2.30. The van der Waals surface area contributed by atoms with Gasteiger partial charge in [-0.3, -0.25) is 0 Å². The average Bonchev–Trinajstić information content (AvgIpc) is 2.16. The maximum Gasteiger partial charge on any atom is 0.0877 e. The van der Waals surface area contributed by atoms with Gasteiger partial charge in [0.2, 0.25) is 0 Å². The molecule has 0 aliphatic rings. The normalized spacial score (nSPS) is 11.4. The van der Waals surface area contributed by atoms with E-state index in [2.05, 4.69) is 20.7 Å². The number of hydrogen-bond acceptors (Lipinski definition) is 4. The second-order valence-corrected chi connectivity index (χ2v) is 2.30. The van der Waals surface area contributed by atoms with Gasteiger partial charge in [0.15, 0.2) is 0 Å². The SMILES string of the molecule is NN=NCc1cccc(N=NN)c1. The Labute approximate surface area is 75.3 Å². The van der Waals surface area contributed by atoms with Gasteiger partial charge in [-0.25, -0.2) is 0 Å². The lowest BCUT2D eigenvalue weighted by molar-refractivity contribution is 0.892. The largest absolute Gasteiger partial charge is 0.305 e. The number of nitrogens with two attached hydrogens (primary N) is 2. The van der Waals surface area contributed by atoms with Gasteiger partial charge in [0.25, 0.3) is 0 Å². The van der Waals surface area contributed by atoms with Gasteiger partial charge in [0.05, 0.1) is 12.2 Å². The van der Waals surface area contributed by atoms with Crippen LogP contribution in [-0.4, -0.2) is 0 Å². The Kier molecular flexibility index (Phi) is 3.37. The Morgan fingerprint density at radius 3 is 2.69 bits per heavy atom. The molecular weight excluding hydrogens is 168 g/mol. The van der Waals surface area contributed by atoms with Crippen molar-refractivity contribution in [3.63, 3.8) is 0 Å². The Balaban J connectivity index is 2.78. The molecule has 0 radical (unpaired) electrons. The fourth-order valence-corrected chi connectivity index (χ4v) is 0.906. The molecule has 68 valence electrons. The van der Waals surface area contributed by atoms with Crippen LogP contribution in [0.3, 0.4) is 0 Å². The maximum absolute atomic E-state index is 4.91. The van der Waals surface area contributed by atoms with Gasteiger partial charge >= 0.3 is 0 Å². The summed E-state index contributed by atoms with van der Waals surface area (Å²) in [6, 6.07) is 7.33. The van der Waals surface area contributed by atoms with Crippen molar-refractivity contribution in [2.24, 2.45) is 32.4 Å². The van der Waals surface area contributed by atoms with E-state index in [-0.39, 0.29) is 0 Å². The molecule has 0 unspecified atom stereocenters. The highest BCUT2D eigenvalue weighted by atomic mass is 15.3. The first-order chi connectivity index (χ1) is 6.36. The third kappa shape index (κ3) is 2.86. The summed E-state index contributed by atoms with van der Waals surface area (Å²) in [4.78, 5) is 0. The van der Waals surface area contributed by atoms with E-state index in [4.69, 9.17) is 11.7 Å². The monoisotopic (exact) mass is 178 g/mol. The minimum Gasteiger partial charge on any atom is -0.305 e. The van der Waals surface area contributed by atoms with Gasteiger partial charge in [0.1, 0.15) is 0 Å². The van der Waals surface area contributed by atoms with Crippen molar-refractivity contribution in [1.82, 2.24) is 0 Å². The molecule has 6 nitrogen and oxygen atoms in total. The van der Waals surface area contributed by atoms with Crippen molar-refractivity contribution >= 4 is 5.69 Å². The van der Waals surface area contributed by atoms with Crippen LogP contribution in [0.1, 0.15) is 5.56 Å². The lowest BCUT2D eigenvalue weighted by atomic mass is 10.2. The lowest BCUT2D eigenvalue weighted by Gasteiger charge is -1.95. The van der Waals surface area contributed by atoms with Crippen molar-refractivity contribution in [3.8, 4) is 0 Å². The highest BCUT2D eigenvalue weighted by Gasteiger charge is 1.93. The maximum atomic E-state index is 4.91. The molecule has 1 rings (SSSR count). The molecule has 13 heavy (non-hydrogen) atoms. The van der Waals surface area contributed by atoms with Crippen molar-refractivity contribution in [2.75, 3.05) is 0 Å². The summed E-state index contributed by atoms with van der Waals surface area (Å²) in [6.45, 7) is 0.435. The zero-order valence-corrected chi connectivity index (χ0v) is 6.96. The fourth-order valence-electron chi connectivity index (χ4n) is 0.906. The minimum atomic E-state index is 0.435. The molecule has 0 aliphatic carbocycles. The van der Waals surface area contributed by atoms with Crippen molar-refractivity contribution in [3.05, 3.63) is 29.8 Å². The first-order valence-corrected chi connectivity index (χ1v) is 3.63. The molecule has 0 bridgehead atoms. The molecule has 1 aromatic rings. The molecule has 0 atom stereocenters. The van der Waals surface area contributed by atoms with E-state index in [1.54, 1.807) is 6.07 Å². The molecule has 0 spiro atoms. The van der Waals surface area contributed by atoms with Crippen molar-refractivity contribution in [2.45, 2.75) is 6.54 Å². The van der Waals surface area contributed by atoms with Crippen LogP contribution in [0.2, 0.25) is 0 Å². The quantitative estimate of drug-likeness (QED) is 0.416. The van der Waals surface area contributed by atoms with E-state index in [1.165, 1.54) is 0 Å². The number of hydrogen-bond donors (Lipinski definition) is 2. The molecule has 0 amide bonds. The van der Waals surface area contributed by atoms with E-state index in [9.17, 15) is 0 Å². The van der Waals surface area contributed by atoms with Crippen molar-refractivity contribution in [1.29, 1.82) is 0 Å². The zero-order chi connectivity index (χ0) is 9.52. The summed E-state index contributed by atoms with van der Waals surface area (Å²) >= 11 is 0. The van der Waals surface area contributed by atoms with Crippen LogP contribution in [0.5, 0.6) is 0 Å². The first-order valence-electron chi connectivity index (χ1n) is 3.63. The molecule has 1 aromatic carbocycles. The van der Waals surface area contributed by atoms with Gasteiger partial charge in [0, 0.05) is 0 Å². The summed E-state index contributed by atoms with van der Waals surface area (Å²) in [5.41, 5.74) is 1.64. The predicted octanol–water partition coefficient (Wildman–Crippen LogP) is 1.47. The molecule has 0 aliphatic heterocycles. The van der Waals surface area contributed by atoms with Crippen LogP contribution in [0, 0.1) is 0 Å². The Bertz CT molecular complexity index is 319. The summed E-state index contributed by atoms with van der Waals surface area (Å²) < 4.78 is 0. The van der Waals surface area contributed by atoms with E-state index < -0.39 is 0 Å². The highest BCUT2D eigenvalue weighted by Crippen LogP contribution is 2.14. The van der Waals surface area contributed by atoms with E-state index in [0.717, 1.165) is 5.56 Å². The van der Waals surface area contributed by atoms with Crippen LogP contribution in [-0.2, 0) is 6.54 Å². The standard InChI is InChI=1S/C7H10N6/c8-12-10-5-6-2-1-3-7(4-6)11-13-9/h1-4H,5H2,(H2,8,10)(H2,9,11).